The molecule has 16 heavy (non-hydrogen) atoms. The molecule has 0 unspecified atom stereocenters. The SMILES string of the molecule is CCCN(CCO)Cc1nnnn1C1CC1. The highest BCUT2D eigenvalue weighted by Crippen LogP contribution is 2.34. The molecule has 0 bridgehead atoms. The van der Waals surface area contributed by atoms with Gasteiger partial charge in [0.05, 0.1) is 19.2 Å². The van der Waals surface area contributed by atoms with Gasteiger partial charge in [0.1, 0.15) is 0 Å². The van der Waals surface area contributed by atoms with Crippen LogP contribution in [0.15, 0.2) is 0 Å². The summed E-state index contributed by atoms with van der Waals surface area (Å²) < 4.78 is 1.93. The van der Waals surface area contributed by atoms with Crippen LogP contribution in [0, 0.1) is 0 Å². The lowest BCUT2D eigenvalue weighted by molar-refractivity contribution is 0.185. The van der Waals surface area contributed by atoms with E-state index in [1.54, 1.807) is 0 Å². The molecule has 0 atom stereocenters. The highest BCUT2D eigenvalue weighted by Gasteiger charge is 2.28. The topological polar surface area (TPSA) is 67.1 Å². The maximum absolute atomic E-state index is 8.98. The Morgan fingerprint density at radius 2 is 2.25 bits per heavy atom. The molecular weight excluding hydrogens is 206 g/mol. The molecule has 1 aliphatic carbocycles. The molecule has 0 saturated heterocycles. The zero-order valence-electron chi connectivity index (χ0n) is 9.71. The molecule has 0 radical (unpaired) electrons. The van der Waals surface area contributed by atoms with Crippen LogP contribution in [-0.2, 0) is 6.54 Å². The van der Waals surface area contributed by atoms with Crippen molar-refractivity contribution >= 4 is 0 Å². The Balaban J connectivity index is 1.96. The van der Waals surface area contributed by atoms with Crippen molar-refractivity contribution in [2.75, 3.05) is 19.7 Å². The quantitative estimate of drug-likeness (QED) is 0.718. The molecule has 90 valence electrons. The van der Waals surface area contributed by atoms with Gasteiger partial charge < -0.3 is 5.11 Å². The summed E-state index contributed by atoms with van der Waals surface area (Å²) >= 11 is 0. The van der Waals surface area contributed by atoms with Crippen LogP contribution < -0.4 is 0 Å². The minimum absolute atomic E-state index is 0.186. The molecule has 1 saturated carbocycles. The summed E-state index contributed by atoms with van der Waals surface area (Å²) in [5.41, 5.74) is 0. The first-order chi connectivity index (χ1) is 7.85. The molecular formula is C10H19N5O. The summed E-state index contributed by atoms with van der Waals surface area (Å²) in [4.78, 5) is 2.19. The van der Waals surface area contributed by atoms with Crippen LogP contribution in [0.4, 0.5) is 0 Å². The Hall–Kier alpha value is -1.01. The van der Waals surface area contributed by atoms with Gasteiger partial charge >= 0.3 is 0 Å². The molecule has 1 aromatic rings. The minimum Gasteiger partial charge on any atom is -0.395 e. The summed E-state index contributed by atoms with van der Waals surface area (Å²) in [5.74, 6) is 0.921. The molecule has 0 amide bonds. The number of aliphatic hydroxyl groups excluding tert-OH is 1. The van der Waals surface area contributed by atoms with Crippen molar-refractivity contribution in [2.24, 2.45) is 0 Å². The maximum Gasteiger partial charge on any atom is 0.165 e. The Bertz CT molecular complexity index is 317. The van der Waals surface area contributed by atoms with E-state index in [0.29, 0.717) is 12.6 Å². The molecule has 1 heterocycles. The van der Waals surface area contributed by atoms with Gasteiger partial charge in [-0.25, -0.2) is 4.68 Å². The number of tetrazole rings is 1. The van der Waals surface area contributed by atoms with Crippen LogP contribution in [0.1, 0.15) is 38.1 Å². The van der Waals surface area contributed by atoms with Crippen LogP contribution in [0.3, 0.4) is 0 Å². The minimum atomic E-state index is 0.186. The smallest absolute Gasteiger partial charge is 0.165 e. The summed E-state index contributed by atoms with van der Waals surface area (Å²) in [7, 11) is 0. The lowest BCUT2D eigenvalue weighted by atomic mass is 10.4. The van der Waals surface area contributed by atoms with Crippen molar-refractivity contribution in [3.05, 3.63) is 5.82 Å². The van der Waals surface area contributed by atoms with Crippen LogP contribution in [0.25, 0.3) is 0 Å². The molecule has 1 aliphatic rings. The van der Waals surface area contributed by atoms with Gasteiger partial charge in [-0.05, 0) is 36.2 Å². The number of hydrogen-bond donors (Lipinski definition) is 1. The molecule has 1 aromatic heterocycles. The Morgan fingerprint density at radius 1 is 1.44 bits per heavy atom. The van der Waals surface area contributed by atoms with Crippen molar-refractivity contribution in [1.29, 1.82) is 0 Å². The normalized spacial score (nSPS) is 15.9. The molecule has 2 rings (SSSR count). The highest BCUT2D eigenvalue weighted by atomic mass is 16.3. The third kappa shape index (κ3) is 2.76. The zero-order chi connectivity index (χ0) is 11.4. The Labute approximate surface area is 95.2 Å². The molecule has 0 aliphatic heterocycles. The fourth-order valence-corrected chi connectivity index (χ4v) is 1.85. The van der Waals surface area contributed by atoms with E-state index in [1.807, 2.05) is 4.68 Å². The summed E-state index contributed by atoms with van der Waals surface area (Å²) in [6.45, 7) is 4.71. The summed E-state index contributed by atoms with van der Waals surface area (Å²) in [5, 5.41) is 20.8. The predicted octanol–water partition coefficient (Wildman–Crippen LogP) is 0.212. The van der Waals surface area contributed by atoms with E-state index in [4.69, 9.17) is 5.11 Å². The van der Waals surface area contributed by atoms with Gasteiger partial charge in [0.2, 0.25) is 0 Å². The van der Waals surface area contributed by atoms with Gasteiger partial charge in [0.15, 0.2) is 5.82 Å². The first-order valence-corrected chi connectivity index (χ1v) is 5.95. The molecule has 1 N–H and O–H groups in total. The van der Waals surface area contributed by atoms with Crippen LogP contribution in [-0.4, -0.2) is 49.9 Å². The van der Waals surface area contributed by atoms with Gasteiger partial charge in [-0.3, -0.25) is 4.90 Å². The van der Waals surface area contributed by atoms with Gasteiger partial charge in [-0.1, -0.05) is 6.92 Å². The van der Waals surface area contributed by atoms with Crippen molar-refractivity contribution in [3.63, 3.8) is 0 Å². The average Bonchev–Trinajstić information content (AvgIpc) is 3.01. The molecule has 6 nitrogen and oxygen atoms in total. The van der Waals surface area contributed by atoms with Crippen molar-refractivity contribution in [2.45, 2.75) is 38.8 Å². The lowest BCUT2D eigenvalue weighted by Gasteiger charge is -2.19. The van der Waals surface area contributed by atoms with E-state index < -0.39 is 0 Å². The number of aromatic nitrogens is 4. The van der Waals surface area contributed by atoms with E-state index in [-0.39, 0.29) is 6.61 Å². The van der Waals surface area contributed by atoms with E-state index in [9.17, 15) is 0 Å². The van der Waals surface area contributed by atoms with Crippen molar-refractivity contribution < 1.29 is 5.11 Å². The first kappa shape index (κ1) is 11.5. The van der Waals surface area contributed by atoms with Gasteiger partial charge in [-0.15, -0.1) is 5.10 Å². The van der Waals surface area contributed by atoms with Crippen molar-refractivity contribution in [3.8, 4) is 0 Å². The molecule has 6 heteroatoms. The fourth-order valence-electron chi connectivity index (χ4n) is 1.85. The summed E-state index contributed by atoms with van der Waals surface area (Å²) in [6.07, 6.45) is 3.45. The van der Waals surface area contributed by atoms with Crippen molar-refractivity contribution in [1.82, 2.24) is 25.1 Å². The summed E-state index contributed by atoms with van der Waals surface area (Å²) in [6, 6.07) is 0.516. The second-order valence-electron chi connectivity index (χ2n) is 4.27. The number of nitrogens with zero attached hydrogens (tertiary/aromatic N) is 5. The highest BCUT2D eigenvalue weighted by molar-refractivity contribution is 4.90. The van der Waals surface area contributed by atoms with E-state index in [2.05, 4.69) is 27.3 Å². The van der Waals surface area contributed by atoms with Crippen LogP contribution in [0.5, 0.6) is 0 Å². The standard InChI is InChI=1S/C10H19N5O/c1-2-5-14(6-7-16)8-10-11-12-13-15(10)9-3-4-9/h9,16H,2-8H2,1H3. The molecule has 0 spiro atoms. The van der Waals surface area contributed by atoms with Gasteiger partial charge in [-0.2, -0.15) is 0 Å². The van der Waals surface area contributed by atoms with E-state index in [0.717, 1.165) is 25.3 Å². The first-order valence-electron chi connectivity index (χ1n) is 5.95. The third-order valence-electron chi connectivity index (χ3n) is 2.77. The second kappa shape index (κ2) is 5.36. The number of hydrogen-bond acceptors (Lipinski definition) is 5. The second-order valence-corrected chi connectivity index (χ2v) is 4.27. The predicted molar refractivity (Wildman–Crippen MR) is 58.7 cm³/mol. The van der Waals surface area contributed by atoms with Crippen LogP contribution in [0.2, 0.25) is 0 Å². The number of aliphatic hydroxyl groups is 1. The van der Waals surface area contributed by atoms with E-state index in [1.165, 1.54) is 12.8 Å². The Morgan fingerprint density at radius 3 is 2.88 bits per heavy atom. The largest absolute Gasteiger partial charge is 0.395 e. The molecule has 0 aromatic carbocycles. The van der Waals surface area contributed by atoms with E-state index >= 15 is 0 Å². The maximum atomic E-state index is 8.98. The van der Waals surface area contributed by atoms with Gasteiger partial charge in [0.25, 0.3) is 0 Å². The fraction of sp³-hybridized carbons (Fsp3) is 0.900. The monoisotopic (exact) mass is 225 g/mol. The van der Waals surface area contributed by atoms with Crippen LogP contribution >= 0.6 is 0 Å². The Kier molecular flexibility index (Phi) is 3.84. The molecule has 1 fully saturated rings. The average molecular weight is 225 g/mol. The number of rotatable bonds is 7. The van der Waals surface area contributed by atoms with Gasteiger partial charge in [0, 0.05) is 6.54 Å². The third-order valence-corrected chi connectivity index (χ3v) is 2.77. The zero-order valence-corrected chi connectivity index (χ0v) is 9.71. The lowest BCUT2D eigenvalue weighted by Crippen LogP contribution is -2.28.